The molecular formula is C15H21NO6S. The molecule has 0 saturated heterocycles. The summed E-state index contributed by atoms with van der Waals surface area (Å²) >= 11 is 0. The molecule has 0 fully saturated rings. The van der Waals surface area contributed by atoms with Crippen molar-refractivity contribution in [1.29, 1.82) is 0 Å². The number of carboxylic acid groups (broad SMARTS) is 1. The minimum absolute atomic E-state index is 0.0922. The van der Waals surface area contributed by atoms with E-state index in [1.807, 2.05) is 6.92 Å². The van der Waals surface area contributed by atoms with Gasteiger partial charge in [0, 0.05) is 0 Å². The summed E-state index contributed by atoms with van der Waals surface area (Å²) in [5.41, 5.74) is 0.687. The number of methoxy groups -OCH3 is 1. The molecule has 0 bridgehead atoms. The predicted octanol–water partition coefficient (Wildman–Crippen LogP) is 1.70. The van der Waals surface area contributed by atoms with Gasteiger partial charge in [-0.25, -0.2) is 13.2 Å². The Bertz CT molecular complexity index is 683. The normalized spacial score (nSPS) is 12.7. The molecule has 2 N–H and O–H groups in total. The minimum Gasteiger partial charge on any atom is -0.480 e. The Balaban J connectivity index is 3.06. The monoisotopic (exact) mass is 343 g/mol. The van der Waals surface area contributed by atoms with Gasteiger partial charge in [-0.2, -0.15) is 4.72 Å². The quantitative estimate of drug-likeness (QED) is 0.695. The Morgan fingerprint density at radius 1 is 1.35 bits per heavy atom. The number of unbranched alkanes of at least 4 members (excludes halogenated alkanes) is 1. The fraction of sp³-hybridized carbons (Fsp3) is 0.467. The minimum atomic E-state index is -3.99. The van der Waals surface area contributed by atoms with Crippen LogP contribution in [0.4, 0.5) is 0 Å². The van der Waals surface area contributed by atoms with Gasteiger partial charge in [0.15, 0.2) is 0 Å². The van der Waals surface area contributed by atoms with E-state index in [1.165, 1.54) is 25.3 Å². The molecule has 7 nitrogen and oxygen atoms in total. The predicted molar refractivity (Wildman–Crippen MR) is 83.8 cm³/mol. The maximum Gasteiger partial charge on any atom is 0.338 e. The number of rotatable bonds is 8. The van der Waals surface area contributed by atoms with Crippen molar-refractivity contribution in [3.05, 3.63) is 29.3 Å². The van der Waals surface area contributed by atoms with Crippen molar-refractivity contribution in [3.63, 3.8) is 0 Å². The Hall–Kier alpha value is -1.93. The highest BCUT2D eigenvalue weighted by Gasteiger charge is 2.25. The van der Waals surface area contributed by atoms with Crippen LogP contribution in [0.3, 0.4) is 0 Å². The van der Waals surface area contributed by atoms with Crippen LogP contribution in [0.1, 0.15) is 42.1 Å². The second kappa shape index (κ2) is 8.07. The van der Waals surface area contributed by atoms with Gasteiger partial charge in [-0.1, -0.05) is 19.8 Å². The van der Waals surface area contributed by atoms with Crippen LogP contribution in [0.25, 0.3) is 0 Å². The fourth-order valence-electron chi connectivity index (χ4n) is 2.04. The highest BCUT2D eigenvalue weighted by molar-refractivity contribution is 7.89. The molecule has 23 heavy (non-hydrogen) atoms. The van der Waals surface area contributed by atoms with E-state index in [1.54, 1.807) is 6.92 Å². The first kappa shape index (κ1) is 19.1. The van der Waals surface area contributed by atoms with Gasteiger partial charge in [0.1, 0.15) is 6.04 Å². The first-order valence-corrected chi connectivity index (χ1v) is 8.65. The van der Waals surface area contributed by atoms with Crippen LogP contribution in [0.2, 0.25) is 0 Å². The molecule has 0 radical (unpaired) electrons. The smallest absolute Gasteiger partial charge is 0.338 e. The SMILES string of the molecule is CCCC[C@H](NS(=O)(=O)c1ccc(C(=O)OC)c(C)c1)C(=O)O. The van der Waals surface area contributed by atoms with Gasteiger partial charge >= 0.3 is 11.9 Å². The van der Waals surface area contributed by atoms with E-state index in [0.717, 1.165) is 6.42 Å². The number of aryl methyl sites for hydroxylation is 1. The number of sulfonamides is 1. The van der Waals surface area contributed by atoms with Crippen molar-refractivity contribution in [3.8, 4) is 0 Å². The molecule has 0 aliphatic carbocycles. The van der Waals surface area contributed by atoms with Crippen molar-refractivity contribution in [1.82, 2.24) is 4.72 Å². The first-order valence-electron chi connectivity index (χ1n) is 7.17. The molecule has 128 valence electrons. The summed E-state index contributed by atoms with van der Waals surface area (Å²) in [5.74, 6) is -1.78. The van der Waals surface area contributed by atoms with Crippen LogP contribution in [0, 0.1) is 6.92 Å². The van der Waals surface area contributed by atoms with E-state index in [0.29, 0.717) is 12.0 Å². The summed E-state index contributed by atoms with van der Waals surface area (Å²) in [7, 11) is -2.75. The number of esters is 1. The molecule has 0 unspecified atom stereocenters. The van der Waals surface area contributed by atoms with E-state index in [-0.39, 0.29) is 16.9 Å². The second-order valence-corrected chi connectivity index (χ2v) is 6.84. The lowest BCUT2D eigenvalue weighted by Gasteiger charge is -2.15. The largest absolute Gasteiger partial charge is 0.480 e. The molecule has 0 heterocycles. The number of aliphatic carboxylic acids is 1. The van der Waals surface area contributed by atoms with Gasteiger partial charge in [0.25, 0.3) is 0 Å². The fourth-order valence-corrected chi connectivity index (χ4v) is 3.35. The van der Waals surface area contributed by atoms with Gasteiger partial charge in [-0.15, -0.1) is 0 Å². The van der Waals surface area contributed by atoms with Crippen LogP contribution in [-0.4, -0.2) is 38.6 Å². The average molecular weight is 343 g/mol. The average Bonchev–Trinajstić information content (AvgIpc) is 2.50. The zero-order valence-corrected chi connectivity index (χ0v) is 14.1. The number of nitrogens with one attached hydrogen (secondary N) is 1. The number of hydrogen-bond acceptors (Lipinski definition) is 5. The van der Waals surface area contributed by atoms with Gasteiger partial charge in [0.05, 0.1) is 17.6 Å². The van der Waals surface area contributed by atoms with Crippen LogP contribution in [-0.2, 0) is 19.6 Å². The summed E-state index contributed by atoms with van der Waals surface area (Å²) in [4.78, 5) is 22.6. The molecule has 0 aliphatic rings. The summed E-state index contributed by atoms with van der Waals surface area (Å²) in [6.07, 6.45) is 1.57. The third-order valence-corrected chi connectivity index (χ3v) is 4.82. The Labute approximate surface area is 135 Å². The lowest BCUT2D eigenvalue weighted by molar-refractivity contribution is -0.139. The molecular weight excluding hydrogens is 322 g/mol. The molecule has 0 aromatic heterocycles. The molecule has 1 rings (SSSR count). The third kappa shape index (κ3) is 5.04. The van der Waals surface area contributed by atoms with Crippen molar-refractivity contribution >= 4 is 22.0 Å². The molecule has 0 aliphatic heterocycles. The molecule has 0 amide bonds. The summed E-state index contributed by atoms with van der Waals surface area (Å²) in [5, 5.41) is 9.13. The zero-order valence-electron chi connectivity index (χ0n) is 13.3. The van der Waals surface area contributed by atoms with Gasteiger partial charge in [0.2, 0.25) is 10.0 Å². The maximum absolute atomic E-state index is 12.3. The molecule has 0 spiro atoms. The Morgan fingerprint density at radius 2 is 2.00 bits per heavy atom. The standard InChI is InChI=1S/C15H21NO6S/c1-4-5-6-13(14(17)18)16-23(20,21)11-7-8-12(10(2)9-11)15(19)22-3/h7-9,13,16H,4-6H2,1-3H3,(H,17,18)/t13-/m0/s1. The summed E-state index contributed by atoms with van der Waals surface area (Å²) < 4.78 is 31.4. The zero-order chi connectivity index (χ0) is 17.6. The van der Waals surface area contributed by atoms with Crippen molar-refractivity contribution in [2.45, 2.75) is 44.0 Å². The van der Waals surface area contributed by atoms with Crippen molar-refractivity contribution in [2.24, 2.45) is 0 Å². The van der Waals surface area contributed by atoms with E-state index >= 15 is 0 Å². The van der Waals surface area contributed by atoms with Gasteiger partial charge < -0.3 is 9.84 Å². The van der Waals surface area contributed by atoms with Crippen LogP contribution in [0.5, 0.6) is 0 Å². The highest BCUT2D eigenvalue weighted by atomic mass is 32.2. The third-order valence-electron chi connectivity index (χ3n) is 3.36. The number of carbonyl (C=O) groups excluding carboxylic acids is 1. The Kier molecular flexibility index (Phi) is 6.71. The van der Waals surface area contributed by atoms with E-state index in [4.69, 9.17) is 5.11 Å². The van der Waals surface area contributed by atoms with E-state index in [2.05, 4.69) is 9.46 Å². The lowest BCUT2D eigenvalue weighted by atomic mass is 10.1. The lowest BCUT2D eigenvalue weighted by Crippen LogP contribution is -2.40. The molecule has 1 atom stereocenters. The van der Waals surface area contributed by atoms with E-state index in [9.17, 15) is 18.0 Å². The molecule has 1 aromatic rings. The van der Waals surface area contributed by atoms with Gasteiger partial charge in [-0.3, -0.25) is 4.79 Å². The first-order chi connectivity index (χ1) is 10.7. The summed E-state index contributed by atoms with van der Waals surface area (Å²) in [6, 6.07) is 2.73. The summed E-state index contributed by atoms with van der Waals surface area (Å²) in [6.45, 7) is 3.47. The van der Waals surface area contributed by atoms with Gasteiger partial charge in [-0.05, 0) is 37.1 Å². The van der Waals surface area contributed by atoms with Crippen molar-refractivity contribution in [2.75, 3.05) is 7.11 Å². The van der Waals surface area contributed by atoms with Crippen molar-refractivity contribution < 1.29 is 27.9 Å². The Morgan fingerprint density at radius 3 is 2.48 bits per heavy atom. The second-order valence-electron chi connectivity index (χ2n) is 5.12. The number of carbonyl (C=O) groups is 2. The molecule has 8 heteroatoms. The van der Waals surface area contributed by atoms with Crippen LogP contribution >= 0.6 is 0 Å². The molecule has 0 saturated carbocycles. The number of hydrogen-bond donors (Lipinski definition) is 2. The van der Waals surface area contributed by atoms with Crippen LogP contribution in [0.15, 0.2) is 23.1 Å². The highest BCUT2D eigenvalue weighted by Crippen LogP contribution is 2.17. The molecule has 1 aromatic carbocycles. The van der Waals surface area contributed by atoms with Crippen LogP contribution < -0.4 is 4.72 Å². The maximum atomic E-state index is 12.3. The topological polar surface area (TPSA) is 110 Å². The number of ether oxygens (including phenoxy) is 1. The number of carboxylic acids is 1. The number of benzene rings is 1. The van der Waals surface area contributed by atoms with E-state index < -0.39 is 28.0 Å².